The molecule has 0 aromatic heterocycles. The van der Waals surface area contributed by atoms with Crippen LogP contribution in [0.3, 0.4) is 0 Å². The van der Waals surface area contributed by atoms with Gasteiger partial charge in [-0.2, -0.15) is 0 Å². The van der Waals surface area contributed by atoms with Gasteiger partial charge >= 0.3 is 0 Å². The smallest absolute Gasteiger partial charge is 0.231 e. The highest BCUT2D eigenvalue weighted by Crippen LogP contribution is 2.43. The SMILES string of the molecule is O=C1Cc2ccccc2N1C1CCN([C@@H]2CCC[C@@H]3CCCC[C@H]32)CC1. The molecule has 3 atom stereocenters. The molecule has 5 rings (SSSR count). The normalized spacial score (nSPS) is 33.2. The number of para-hydroxylation sites is 1. The molecule has 2 saturated carbocycles. The van der Waals surface area contributed by atoms with Gasteiger partial charge in [0.05, 0.1) is 6.42 Å². The van der Waals surface area contributed by atoms with Crippen LogP contribution in [0.25, 0.3) is 0 Å². The zero-order valence-corrected chi connectivity index (χ0v) is 15.9. The fourth-order valence-electron chi connectivity index (χ4n) is 6.51. The molecule has 0 N–H and O–H groups in total. The molecule has 2 heterocycles. The zero-order valence-electron chi connectivity index (χ0n) is 15.9. The topological polar surface area (TPSA) is 23.6 Å². The molecule has 26 heavy (non-hydrogen) atoms. The maximum atomic E-state index is 12.6. The van der Waals surface area contributed by atoms with Crippen LogP contribution < -0.4 is 4.90 Å². The largest absolute Gasteiger partial charge is 0.309 e. The van der Waals surface area contributed by atoms with E-state index in [1.807, 2.05) is 0 Å². The van der Waals surface area contributed by atoms with Crippen LogP contribution in [0.1, 0.15) is 63.4 Å². The monoisotopic (exact) mass is 352 g/mol. The first-order valence-electron chi connectivity index (χ1n) is 11.0. The van der Waals surface area contributed by atoms with Gasteiger partial charge < -0.3 is 4.90 Å². The summed E-state index contributed by atoms with van der Waals surface area (Å²) in [4.78, 5) is 17.6. The molecule has 140 valence electrons. The lowest BCUT2D eigenvalue weighted by Gasteiger charge is -2.49. The van der Waals surface area contributed by atoms with E-state index < -0.39 is 0 Å². The Morgan fingerprint density at radius 2 is 1.62 bits per heavy atom. The van der Waals surface area contributed by atoms with E-state index in [-0.39, 0.29) is 0 Å². The van der Waals surface area contributed by atoms with Crippen molar-refractivity contribution >= 4 is 11.6 Å². The summed E-state index contributed by atoms with van der Waals surface area (Å²) in [7, 11) is 0. The highest BCUT2D eigenvalue weighted by Gasteiger charge is 2.40. The number of likely N-dealkylation sites (tertiary alicyclic amines) is 1. The Hall–Kier alpha value is -1.35. The van der Waals surface area contributed by atoms with Crippen molar-refractivity contribution in [1.82, 2.24) is 4.90 Å². The van der Waals surface area contributed by atoms with E-state index in [4.69, 9.17) is 0 Å². The third kappa shape index (κ3) is 2.89. The van der Waals surface area contributed by atoms with Gasteiger partial charge in [-0.1, -0.05) is 50.3 Å². The summed E-state index contributed by atoms with van der Waals surface area (Å²) < 4.78 is 0. The average molecular weight is 353 g/mol. The number of fused-ring (bicyclic) bond motifs is 2. The molecule has 0 unspecified atom stereocenters. The Morgan fingerprint density at radius 1 is 0.846 bits per heavy atom. The Balaban J connectivity index is 1.26. The molecule has 0 radical (unpaired) electrons. The second kappa shape index (κ2) is 6.99. The molecule has 4 aliphatic rings. The van der Waals surface area contributed by atoms with Crippen molar-refractivity contribution in [3.05, 3.63) is 29.8 Å². The van der Waals surface area contributed by atoms with Gasteiger partial charge in [0.2, 0.25) is 5.91 Å². The maximum absolute atomic E-state index is 12.6. The Labute approximate surface area is 157 Å². The minimum Gasteiger partial charge on any atom is -0.309 e. The van der Waals surface area contributed by atoms with Gasteiger partial charge in [0, 0.05) is 30.9 Å². The van der Waals surface area contributed by atoms with Crippen LogP contribution in [0.2, 0.25) is 0 Å². The fourth-order valence-corrected chi connectivity index (χ4v) is 6.51. The molecule has 3 heteroatoms. The molecule has 2 aliphatic heterocycles. The van der Waals surface area contributed by atoms with E-state index in [1.54, 1.807) is 0 Å². The first kappa shape index (κ1) is 16.8. The molecular weight excluding hydrogens is 320 g/mol. The molecule has 3 fully saturated rings. The van der Waals surface area contributed by atoms with Gasteiger partial charge in [-0.3, -0.25) is 9.69 Å². The van der Waals surface area contributed by atoms with Crippen molar-refractivity contribution in [2.75, 3.05) is 18.0 Å². The number of rotatable bonds is 2. The maximum Gasteiger partial charge on any atom is 0.231 e. The highest BCUT2D eigenvalue weighted by atomic mass is 16.2. The number of benzene rings is 1. The summed E-state index contributed by atoms with van der Waals surface area (Å²) in [6, 6.07) is 9.63. The van der Waals surface area contributed by atoms with Gasteiger partial charge in [-0.05, 0) is 49.1 Å². The highest BCUT2D eigenvalue weighted by molar-refractivity contribution is 6.01. The number of carbonyl (C=O) groups is 1. The molecule has 1 amide bonds. The second-order valence-electron chi connectivity index (χ2n) is 9.04. The van der Waals surface area contributed by atoms with Gasteiger partial charge in [0.1, 0.15) is 0 Å². The van der Waals surface area contributed by atoms with Gasteiger partial charge in [-0.25, -0.2) is 0 Å². The summed E-state index contributed by atoms with van der Waals surface area (Å²) in [6.45, 7) is 2.37. The number of hydrogen-bond acceptors (Lipinski definition) is 2. The third-order valence-corrected chi connectivity index (χ3v) is 7.73. The summed E-state index contributed by atoms with van der Waals surface area (Å²) >= 11 is 0. The molecule has 1 aromatic carbocycles. The van der Waals surface area contributed by atoms with Gasteiger partial charge in [0.25, 0.3) is 0 Å². The lowest BCUT2D eigenvalue weighted by molar-refractivity contribution is -0.118. The Morgan fingerprint density at radius 3 is 2.50 bits per heavy atom. The molecule has 3 nitrogen and oxygen atoms in total. The molecular formula is C23H32N2O. The Bertz CT molecular complexity index is 662. The van der Waals surface area contributed by atoms with Gasteiger partial charge in [-0.15, -0.1) is 0 Å². The molecule has 1 saturated heterocycles. The van der Waals surface area contributed by atoms with Crippen molar-refractivity contribution < 1.29 is 4.79 Å². The lowest BCUT2D eigenvalue weighted by Crippen LogP contribution is -2.53. The van der Waals surface area contributed by atoms with Crippen LogP contribution in [0.4, 0.5) is 5.69 Å². The summed E-state index contributed by atoms with van der Waals surface area (Å²) in [6.07, 6.45) is 13.1. The number of nitrogens with zero attached hydrogens (tertiary/aromatic N) is 2. The second-order valence-corrected chi connectivity index (χ2v) is 9.04. The quantitative estimate of drug-likeness (QED) is 0.788. The van der Waals surface area contributed by atoms with E-state index in [0.717, 1.165) is 30.7 Å². The minimum atomic E-state index is 0.315. The molecule has 1 aromatic rings. The van der Waals surface area contributed by atoms with Crippen LogP contribution in [-0.2, 0) is 11.2 Å². The van der Waals surface area contributed by atoms with Crippen LogP contribution >= 0.6 is 0 Å². The number of hydrogen-bond donors (Lipinski definition) is 0. The Kier molecular flexibility index (Phi) is 4.52. The fraction of sp³-hybridized carbons (Fsp3) is 0.696. The summed E-state index contributed by atoms with van der Waals surface area (Å²) in [5, 5.41) is 0. The minimum absolute atomic E-state index is 0.315. The van der Waals surface area contributed by atoms with Crippen LogP contribution in [0.5, 0.6) is 0 Å². The van der Waals surface area contributed by atoms with Crippen molar-refractivity contribution in [2.24, 2.45) is 11.8 Å². The van der Waals surface area contributed by atoms with Crippen molar-refractivity contribution in [3.63, 3.8) is 0 Å². The third-order valence-electron chi connectivity index (χ3n) is 7.73. The van der Waals surface area contributed by atoms with Crippen molar-refractivity contribution in [2.45, 2.75) is 76.3 Å². The zero-order chi connectivity index (χ0) is 17.5. The van der Waals surface area contributed by atoms with Crippen LogP contribution in [0.15, 0.2) is 24.3 Å². The van der Waals surface area contributed by atoms with E-state index in [0.29, 0.717) is 18.4 Å². The predicted octanol–water partition coefficient (Wildman–Crippen LogP) is 4.40. The number of piperidine rings is 1. The van der Waals surface area contributed by atoms with E-state index in [9.17, 15) is 4.79 Å². The molecule has 0 bridgehead atoms. The number of carbonyl (C=O) groups excluding carboxylic acids is 1. The average Bonchev–Trinajstić information content (AvgIpc) is 3.03. The molecule has 0 spiro atoms. The summed E-state index contributed by atoms with van der Waals surface area (Å²) in [5.74, 6) is 2.28. The number of amides is 1. The van der Waals surface area contributed by atoms with E-state index in [1.165, 1.54) is 69.3 Å². The standard InChI is InChI=1S/C23H32N2O/c26-23-16-18-7-2-4-10-21(18)25(23)19-12-14-24(15-13-19)22-11-5-8-17-6-1-3-9-20(17)22/h2,4,7,10,17,19-20,22H,1,3,5-6,8-9,11-16H2/t17-,20+,22+/m0/s1. The first-order valence-corrected chi connectivity index (χ1v) is 11.0. The molecule has 2 aliphatic carbocycles. The van der Waals surface area contributed by atoms with Crippen LogP contribution in [0, 0.1) is 11.8 Å². The van der Waals surface area contributed by atoms with E-state index >= 15 is 0 Å². The summed E-state index contributed by atoms with van der Waals surface area (Å²) in [5.41, 5.74) is 2.40. The van der Waals surface area contributed by atoms with E-state index in [2.05, 4.69) is 34.1 Å². The van der Waals surface area contributed by atoms with Gasteiger partial charge in [0.15, 0.2) is 0 Å². The van der Waals surface area contributed by atoms with Crippen molar-refractivity contribution in [1.29, 1.82) is 0 Å². The first-order chi connectivity index (χ1) is 12.8. The van der Waals surface area contributed by atoms with Crippen LogP contribution in [-0.4, -0.2) is 36.0 Å². The lowest BCUT2D eigenvalue weighted by atomic mass is 9.67. The predicted molar refractivity (Wildman–Crippen MR) is 105 cm³/mol. The van der Waals surface area contributed by atoms with Crippen molar-refractivity contribution in [3.8, 4) is 0 Å². The number of anilines is 1.